The highest BCUT2D eigenvalue weighted by Gasteiger charge is 2.21. The van der Waals surface area contributed by atoms with Gasteiger partial charge in [0, 0.05) is 6.61 Å². The molecule has 0 radical (unpaired) electrons. The van der Waals surface area contributed by atoms with E-state index in [1.54, 1.807) is 12.1 Å². The van der Waals surface area contributed by atoms with Gasteiger partial charge in [-0.3, -0.25) is 4.79 Å². The summed E-state index contributed by atoms with van der Waals surface area (Å²) in [6.07, 6.45) is 2.60. The zero-order chi connectivity index (χ0) is 13.5. The molecular weight excluding hydrogens is 244 g/mol. The molecule has 1 heterocycles. The minimum absolute atomic E-state index is 0.0515. The Morgan fingerprint density at radius 1 is 1.42 bits per heavy atom. The minimum atomic E-state index is -0.296. The van der Waals surface area contributed by atoms with Gasteiger partial charge in [0.1, 0.15) is 18.5 Å². The maximum absolute atomic E-state index is 11.8. The van der Waals surface area contributed by atoms with Gasteiger partial charge in [0.2, 0.25) is 5.91 Å². The molecule has 0 saturated carbocycles. The zero-order valence-electron chi connectivity index (χ0n) is 10.9. The first kappa shape index (κ1) is 13.7. The second kappa shape index (κ2) is 6.99. The van der Waals surface area contributed by atoms with Gasteiger partial charge in [-0.2, -0.15) is 0 Å². The topological polar surface area (TPSA) is 73.6 Å². The molecule has 0 aromatic heterocycles. The normalized spacial score (nSPS) is 18.8. The Hall–Kier alpha value is -1.75. The average molecular weight is 264 g/mol. The van der Waals surface area contributed by atoms with Gasteiger partial charge in [-0.1, -0.05) is 12.1 Å². The summed E-state index contributed by atoms with van der Waals surface area (Å²) in [4.78, 5) is 11.8. The first-order valence-corrected chi connectivity index (χ1v) is 6.64. The fourth-order valence-corrected chi connectivity index (χ4v) is 2.01. The number of ether oxygens (including phenoxy) is 2. The molecule has 1 aromatic carbocycles. The van der Waals surface area contributed by atoms with Crippen molar-refractivity contribution in [3.63, 3.8) is 0 Å². The van der Waals surface area contributed by atoms with E-state index < -0.39 is 0 Å². The summed E-state index contributed by atoms with van der Waals surface area (Å²) in [6, 6.07) is 7.30. The van der Waals surface area contributed by atoms with Crippen LogP contribution in [0.4, 0.5) is 5.69 Å². The van der Waals surface area contributed by atoms with Crippen LogP contribution in [0.1, 0.15) is 19.3 Å². The summed E-state index contributed by atoms with van der Waals surface area (Å²) in [5.74, 6) is 0.593. The summed E-state index contributed by atoms with van der Waals surface area (Å²) in [5, 5.41) is 2.81. The summed E-state index contributed by atoms with van der Waals surface area (Å²) < 4.78 is 10.9. The molecule has 1 aliphatic heterocycles. The molecule has 2 rings (SSSR count). The van der Waals surface area contributed by atoms with Crippen molar-refractivity contribution in [2.75, 3.05) is 25.5 Å². The Balaban J connectivity index is 1.66. The van der Waals surface area contributed by atoms with E-state index in [0.717, 1.165) is 19.3 Å². The van der Waals surface area contributed by atoms with Gasteiger partial charge < -0.3 is 20.5 Å². The molecular formula is C14H20N2O3. The molecule has 5 nitrogen and oxygen atoms in total. The molecule has 1 unspecified atom stereocenters. The van der Waals surface area contributed by atoms with Crippen LogP contribution in [-0.2, 0) is 9.53 Å². The summed E-state index contributed by atoms with van der Waals surface area (Å²) in [5.41, 5.74) is 6.35. The number of hydrogen-bond donors (Lipinski definition) is 2. The summed E-state index contributed by atoms with van der Waals surface area (Å²) in [6.45, 7) is 1.52. The van der Waals surface area contributed by atoms with Crippen LogP contribution in [-0.4, -0.2) is 31.8 Å². The molecule has 1 fully saturated rings. The lowest BCUT2D eigenvalue weighted by atomic mass is 10.1. The number of nitrogen functional groups attached to an aromatic ring is 1. The van der Waals surface area contributed by atoms with Crippen molar-refractivity contribution in [1.82, 2.24) is 5.32 Å². The molecule has 0 aliphatic carbocycles. The van der Waals surface area contributed by atoms with Crippen molar-refractivity contribution in [3.05, 3.63) is 24.3 Å². The lowest BCUT2D eigenvalue weighted by Crippen LogP contribution is -2.40. The van der Waals surface area contributed by atoms with Crippen molar-refractivity contribution in [2.45, 2.75) is 25.4 Å². The first-order valence-electron chi connectivity index (χ1n) is 6.64. The Bertz CT molecular complexity index is 417. The second-order valence-electron chi connectivity index (χ2n) is 4.53. The molecule has 0 spiro atoms. The Labute approximate surface area is 113 Å². The van der Waals surface area contributed by atoms with E-state index in [9.17, 15) is 4.79 Å². The lowest BCUT2D eigenvalue weighted by Gasteiger charge is -2.21. The van der Waals surface area contributed by atoms with E-state index in [1.165, 1.54) is 0 Å². The van der Waals surface area contributed by atoms with Crippen molar-refractivity contribution in [1.29, 1.82) is 0 Å². The van der Waals surface area contributed by atoms with Gasteiger partial charge in [0.25, 0.3) is 0 Å². The molecule has 1 saturated heterocycles. The SMILES string of the molecule is Nc1ccccc1OCCNC(=O)C1CCCCO1. The van der Waals surface area contributed by atoms with Crippen molar-refractivity contribution in [3.8, 4) is 5.75 Å². The van der Waals surface area contributed by atoms with Crippen LogP contribution < -0.4 is 15.8 Å². The predicted octanol–water partition coefficient (Wildman–Crippen LogP) is 1.33. The number of anilines is 1. The smallest absolute Gasteiger partial charge is 0.249 e. The molecule has 0 bridgehead atoms. The third-order valence-electron chi connectivity index (χ3n) is 3.05. The van der Waals surface area contributed by atoms with E-state index >= 15 is 0 Å². The first-order chi connectivity index (χ1) is 9.27. The van der Waals surface area contributed by atoms with E-state index in [2.05, 4.69) is 5.32 Å². The number of nitrogens with one attached hydrogen (secondary N) is 1. The van der Waals surface area contributed by atoms with Crippen molar-refractivity contribution in [2.24, 2.45) is 0 Å². The third kappa shape index (κ3) is 4.13. The number of amides is 1. The minimum Gasteiger partial charge on any atom is -0.490 e. The van der Waals surface area contributed by atoms with E-state index in [4.69, 9.17) is 15.2 Å². The van der Waals surface area contributed by atoms with E-state index in [-0.39, 0.29) is 12.0 Å². The number of carbonyl (C=O) groups excluding carboxylic acids is 1. The molecule has 1 aromatic rings. The maximum Gasteiger partial charge on any atom is 0.249 e. The van der Waals surface area contributed by atoms with Gasteiger partial charge in [-0.15, -0.1) is 0 Å². The fourth-order valence-electron chi connectivity index (χ4n) is 2.01. The number of carbonyl (C=O) groups is 1. The highest BCUT2D eigenvalue weighted by molar-refractivity contribution is 5.80. The van der Waals surface area contributed by atoms with Gasteiger partial charge in [-0.25, -0.2) is 0 Å². The molecule has 5 heteroatoms. The average Bonchev–Trinajstić information content (AvgIpc) is 2.46. The largest absolute Gasteiger partial charge is 0.490 e. The molecule has 1 atom stereocenters. The molecule has 1 amide bonds. The van der Waals surface area contributed by atoms with Gasteiger partial charge in [0.05, 0.1) is 12.2 Å². The predicted molar refractivity (Wildman–Crippen MR) is 73.0 cm³/mol. The van der Waals surface area contributed by atoms with Crippen LogP contribution in [0.25, 0.3) is 0 Å². The van der Waals surface area contributed by atoms with Gasteiger partial charge in [0.15, 0.2) is 0 Å². The Kier molecular flexibility index (Phi) is 5.03. The maximum atomic E-state index is 11.8. The molecule has 3 N–H and O–H groups in total. The third-order valence-corrected chi connectivity index (χ3v) is 3.05. The van der Waals surface area contributed by atoms with Gasteiger partial charge in [-0.05, 0) is 31.4 Å². The number of rotatable bonds is 5. The Morgan fingerprint density at radius 2 is 2.26 bits per heavy atom. The lowest BCUT2D eigenvalue weighted by molar-refractivity contribution is -0.135. The quantitative estimate of drug-likeness (QED) is 0.621. The van der Waals surface area contributed by atoms with Crippen LogP contribution in [0.15, 0.2) is 24.3 Å². The van der Waals surface area contributed by atoms with E-state index in [0.29, 0.717) is 31.2 Å². The van der Waals surface area contributed by atoms with Crippen LogP contribution >= 0.6 is 0 Å². The molecule has 1 aliphatic rings. The van der Waals surface area contributed by atoms with Crippen molar-refractivity contribution < 1.29 is 14.3 Å². The second-order valence-corrected chi connectivity index (χ2v) is 4.53. The van der Waals surface area contributed by atoms with Crippen LogP contribution in [0.2, 0.25) is 0 Å². The number of nitrogens with two attached hydrogens (primary N) is 1. The monoisotopic (exact) mass is 264 g/mol. The van der Waals surface area contributed by atoms with Gasteiger partial charge >= 0.3 is 0 Å². The highest BCUT2D eigenvalue weighted by Crippen LogP contribution is 2.19. The number of para-hydroxylation sites is 2. The van der Waals surface area contributed by atoms with Crippen LogP contribution in [0, 0.1) is 0 Å². The summed E-state index contributed by atoms with van der Waals surface area (Å²) in [7, 11) is 0. The fraction of sp³-hybridized carbons (Fsp3) is 0.500. The highest BCUT2D eigenvalue weighted by atomic mass is 16.5. The van der Waals surface area contributed by atoms with Crippen LogP contribution in [0.5, 0.6) is 5.75 Å². The molecule has 104 valence electrons. The summed E-state index contributed by atoms with van der Waals surface area (Å²) >= 11 is 0. The number of benzene rings is 1. The Morgan fingerprint density at radius 3 is 3.00 bits per heavy atom. The van der Waals surface area contributed by atoms with Crippen LogP contribution in [0.3, 0.4) is 0 Å². The van der Waals surface area contributed by atoms with Crippen molar-refractivity contribution >= 4 is 11.6 Å². The zero-order valence-corrected chi connectivity index (χ0v) is 10.9. The standard InChI is InChI=1S/C14H20N2O3/c15-11-5-1-2-6-12(11)19-10-8-16-14(17)13-7-3-4-9-18-13/h1-2,5-6,13H,3-4,7-10,15H2,(H,16,17). The van der Waals surface area contributed by atoms with E-state index in [1.807, 2.05) is 12.1 Å². The molecule has 19 heavy (non-hydrogen) atoms. The number of hydrogen-bond acceptors (Lipinski definition) is 4.